The van der Waals surface area contributed by atoms with Crippen LogP contribution >= 0.6 is 23.1 Å². The number of nitrogens with zero attached hydrogens (tertiary/aromatic N) is 4. The standard InChI is InChI=1S/C18H16N4O3S2/c1-11(17-19-12-6-3-4-8-14(12)27-17)22(2)15(23)10-26-18-21-20-16(25-18)13-7-5-9-24-13/h3-9,11H,10H2,1-2H3/t11-/m0/s1. The van der Waals surface area contributed by atoms with Crippen LogP contribution in [0.25, 0.3) is 21.9 Å². The van der Waals surface area contributed by atoms with Crippen molar-refractivity contribution in [1.29, 1.82) is 0 Å². The molecule has 4 rings (SSSR count). The Morgan fingerprint density at radius 2 is 2.11 bits per heavy atom. The summed E-state index contributed by atoms with van der Waals surface area (Å²) in [5.74, 6) is 0.962. The minimum Gasteiger partial charge on any atom is -0.459 e. The van der Waals surface area contributed by atoms with Gasteiger partial charge >= 0.3 is 0 Å². The van der Waals surface area contributed by atoms with Crippen molar-refractivity contribution in [2.75, 3.05) is 12.8 Å². The van der Waals surface area contributed by atoms with E-state index in [0.717, 1.165) is 15.2 Å². The first kappa shape index (κ1) is 17.7. The lowest BCUT2D eigenvalue weighted by Crippen LogP contribution is -2.31. The molecule has 7 nitrogen and oxygen atoms in total. The van der Waals surface area contributed by atoms with Gasteiger partial charge in [-0.05, 0) is 31.2 Å². The van der Waals surface area contributed by atoms with Gasteiger partial charge in [-0.15, -0.1) is 21.5 Å². The molecule has 1 aromatic carbocycles. The van der Waals surface area contributed by atoms with E-state index in [1.165, 1.54) is 18.0 Å². The minimum atomic E-state index is -0.114. The lowest BCUT2D eigenvalue weighted by molar-refractivity contribution is -0.128. The van der Waals surface area contributed by atoms with Crippen molar-refractivity contribution in [2.45, 2.75) is 18.2 Å². The van der Waals surface area contributed by atoms with Crippen molar-refractivity contribution >= 4 is 39.2 Å². The third kappa shape index (κ3) is 3.74. The van der Waals surface area contributed by atoms with E-state index in [2.05, 4.69) is 15.2 Å². The predicted octanol–water partition coefficient (Wildman–Crippen LogP) is 4.25. The lowest BCUT2D eigenvalue weighted by Gasteiger charge is -2.22. The van der Waals surface area contributed by atoms with Crippen molar-refractivity contribution in [3.8, 4) is 11.7 Å². The maximum Gasteiger partial charge on any atom is 0.284 e. The number of hydrogen-bond acceptors (Lipinski definition) is 8. The Balaban J connectivity index is 1.38. The Morgan fingerprint density at radius 3 is 2.89 bits per heavy atom. The molecule has 4 aromatic rings. The maximum absolute atomic E-state index is 12.6. The summed E-state index contributed by atoms with van der Waals surface area (Å²) in [5.41, 5.74) is 0.955. The summed E-state index contributed by atoms with van der Waals surface area (Å²) in [4.78, 5) is 18.9. The van der Waals surface area contributed by atoms with Crippen molar-refractivity contribution in [3.05, 3.63) is 47.7 Å². The molecule has 3 heterocycles. The number of carbonyl (C=O) groups excluding carboxylic acids is 1. The number of amides is 1. The van der Waals surface area contributed by atoms with Crippen LogP contribution in [-0.2, 0) is 4.79 Å². The zero-order valence-corrected chi connectivity index (χ0v) is 16.3. The number of furan rings is 1. The van der Waals surface area contributed by atoms with Crippen LogP contribution in [0.1, 0.15) is 18.0 Å². The van der Waals surface area contributed by atoms with E-state index in [1.807, 2.05) is 31.2 Å². The molecule has 0 saturated heterocycles. The van der Waals surface area contributed by atoms with Crippen molar-refractivity contribution < 1.29 is 13.6 Å². The number of hydrogen-bond donors (Lipinski definition) is 0. The van der Waals surface area contributed by atoms with Crippen LogP contribution < -0.4 is 0 Å². The van der Waals surface area contributed by atoms with E-state index in [4.69, 9.17) is 8.83 Å². The number of aromatic nitrogens is 3. The highest BCUT2D eigenvalue weighted by atomic mass is 32.2. The van der Waals surface area contributed by atoms with Gasteiger partial charge < -0.3 is 13.7 Å². The topological polar surface area (TPSA) is 85.3 Å². The third-order valence-electron chi connectivity index (χ3n) is 4.10. The number of benzene rings is 1. The molecule has 27 heavy (non-hydrogen) atoms. The second kappa shape index (κ2) is 7.53. The molecule has 0 N–H and O–H groups in total. The molecule has 1 amide bonds. The predicted molar refractivity (Wildman–Crippen MR) is 104 cm³/mol. The van der Waals surface area contributed by atoms with Crippen LogP contribution in [0, 0.1) is 0 Å². The van der Waals surface area contributed by atoms with Crippen LogP contribution in [0.3, 0.4) is 0 Å². The molecule has 0 unspecified atom stereocenters. The van der Waals surface area contributed by atoms with Gasteiger partial charge in [0.1, 0.15) is 5.01 Å². The molecule has 138 valence electrons. The Bertz CT molecular complexity index is 1020. The summed E-state index contributed by atoms with van der Waals surface area (Å²) in [6.07, 6.45) is 1.54. The summed E-state index contributed by atoms with van der Waals surface area (Å²) >= 11 is 2.81. The first-order valence-electron chi connectivity index (χ1n) is 8.23. The second-order valence-corrected chi connectivity index (χ2v) is 7.83. The largest absolute Gasteiger partial charge is 0.459 e. The maximum atomic E-state index is 12.6. The Labute approximate surface area is 163 Å². The average Bonchev–Trinajstić information content (AvgIpc) is 3.44. The number of thiazole rings is 1. The number of thioether (sulfide) groups is 1. The molecule has 0 spiro atoms. The highest BCUT2D eigenvalue weighted by Gasteiger charge is 2.22. The van der Waals surface area contributed by atoms with Crippen LogP contribution in [-0.4, -0.2) is 38.8 Å². The SMILES string of the molecule is C[C@@H](c1nc2ccccc2s1)N(C)C(=O)CSc1nnc(-c2ccco2)o1. The quantitative estimate of drug-likeness (QED) is 0.447. The van der Waals surface area contributed by atoms with E-state index >= 15 is 0 Å². The third-order valence-corrected chi connectivity index (χ3v) is 6.11. The fraction of sp³-hybridized carbons (Fsp3) is 0.222. The zero-order chi connectivity index (χ0) is 18.8. The monoisotopic (exact) mass is 400 g/mol. The molecule has 0 radical (unpaired) electrons. The molecule has 0 bridgehead atoms. The van der Waals surface area contributed by atoms with Crippen LogP contribution in [0.4, 0.5) is 0 Å². The van der Waals surface area contributed by atoms with Gasteiger partial charge in [0.25, 0.3) is 11.1 Å². The second-order valence-electron chi connectivity index (χ2n) is 5.84. The fourth-order valence-corrected chi connectivity index (χ4v) is 4.19. The van der Waals surface area contributed by atoms with E-state index in [9.17, 15) is 4.79 Å². The van der Waals surface area contributed by atoms with Crippen LogP contribution in [0.15, 0.2) is 56.7 Å². The minimum absolute atomic E-state index is 0.0375. The van der Waals surface area contributed by atoms with Crippen molar-refractivity contribution in [1.82, 2.24) is 20.1 Å². The first-order valence-corrected chi connectivity index (χ1v) is 10.0. The summed E-state index contributed by atoms with van der Waals surface area (Å²) in [6, 6.07) is 11.3. The smallest absolute Gasteiger partial charge is 0.284 e. The van der Waals surface area contributed by atoms with E-state index < -0.39 is 0 Å². The molecule has 3 aromatic heterocycles. The van der Waals surface area contributed by atoms with Gasteiger partial charge in [-0.1, -0.05) is 23.9 Å². The Morgan fingerprint density at radius 1 is 1.26 bits per heavy atom. The lowest BCUT2D eigenvalue weighted by atomic mass is 10.3. The van der Waals surface area contributed by atoms with Crippen molar-refractivity contribution in [2.24, 2.45) is 0 Å². The molecule has 0 aliphatic rings. The highest BCUT2D eigenvalue weighted by Crippen LogP contribution is 2.29. The van der Waals surface area contributed by atoms with Gasteiger partial charge in [0.05, 0.1) is 28.3 Å². The summed E-state index contributed by atoms with van der Waals surface area (Å²) in [6.45, 7) is 1.97. The Hall–Kier alpha value is -2.65. The number of fused-ring (bicyclic) bond motifs is 1. The molecule has 9 heteroatoms. The summed E-state index contributed by atoms with van der Waals surface area (Å²) in [5, 5.41) is 9.11. The van der Waals surface area contributed by atoms with Gasteiger partial charge in [-0.3, -0.25) is 4.79 Å². The fourth-order valence-electron chi connectivity index (χ4n) is 2.44. The van der Waals surface area contributed by atoms with E-state index in [-0.39, 0.29) is 17.7 Å². The number of carbonyl (C=O) groups is 1. The van der Waals surface area contributed by atoms with Gasteiger partial charge in [-0.25, -0.2) is 4.98 Å². The summed E-state index contributed by atoms with van der Waals surface area (Å²) in [7, 11) is 1.78. The van der Waals surface area contributed by atoms with Crippen LogP contribution in [0.5, 0.6) is 0 Å². The highest BCUT2D eigenvalue weighted by molar-refractivity contribution is 7.99. The van der Waals surface area contributed by atoms with Gasteiger partial charge in [0.15, 0.2) is 5.76 Å². The molecule has 0 aliphatic heterocycles. The van der Waals surface area contributed by atoms with E-state index in [0.29, 0.717) is 16.9 Å². The summed E-state index contributed by atoms with van der Waals surface area (Å²) < 4.78 is 11.8. The normalized spacial score (nSPS) is 12.4. The van der Waals surface area contributed by atoms with Gasteiger partial charge in [0.2, 0.25) is 5.91 Å². The molecule has 0 fully saturated rings. The molecule has 0 aliphatic carbocycles. The molecular weight excluding hydrogens is 384 g/mol. The van der Waals surface area contributed by atoms with E-state index in [1.54, 1.807) is 35.4 Å². The first-order chi connectivity index (χ1) is 13.1. The number of rotatable bonds is 6. The van der Waals surface area contributed by atoms with Gasteiger partial charge in [-0.2, -0.15) is 0 Å². The molecular formula is C18H16N4O3S2. The van der Waals surface area contributed by atoms with Crippen LogP contribution in [0.2, 0.25) is 0 Å². The van der Waals surface area contributed by atoms with Crippen molar-refractivity contribution in [3.63, 3.8) is 0 Å². The Kier molecular flexibility index (Phi) is 4.95. The number of para-hydroxylation sites is 1. The zero-order valence-electron chi connectivity index (χ0n) is 14.7. The molecule has 0 saturated carbocycles. The molecule has 1 atom stereocenters. The van der Waals surface area contributed by atoms with Gasteiger partial charge in [0, 0.05) is 7.05 Å². The average molecular weight is 400 g/mol.